The van der Waals surface area contributed by atoms with Crippen LogP contribution in [0.5, 0.6) is 0 Å². The molecule has 0 N–H and O–H groups in total. The predicted molar refractivity (Wildman–Crippen MR) is 89.4 cm³/mol. The van der Waals surface area contributed by atoms with Gasteiger partial charge in [0.25, 0.3) is 0 Å². The van der Waals surface area contributed by atoms with Crippen molar-refractivity contribution >= 4 is 21.9 Å². The predicted octanol–water partition coefficient (Wildman–Crippen LogP) is 6.24. The Morgan fingerprint density at radius 1 is 0.842 bits per heavy atom. The first kappa shape index (κ1) is 15.2. The molecule has 0 heteroatoms. The van der Waals surface area contributed by atoms with Crippen molar-refractivity contribution in [2.45, 2.75) is 34.6 Å². The van der Waals surface area contributed by atoms with E-state index >= 15 is 0 Å². The maximum atomic E-state index is 4.08. The average molecular weight is 252 g/mol. The smallest absolute Gasteiger partial charge is 0.00313 e. The minimum atomic E-state index is 1.10. The Morgan fingerprint density at radius 2 is 1.37 bits per heavy atom. The highest BCUT2D eigenvalue weighted by Crippen LogP contribution is 2.32. The summed E-state index contributed by atoms with van der Waals surface area (Å²) in [5.74, 6) is 0. The monoisotopic (exact) mass is 252 g/mol. The molecular formula is C19H24. The highest BCUT2D eigenvalue weighted by atomic mass is 14.1. The zero-order valence-corrected chi connectivity index (χ0v) is 12.8. The van der Waals surface area contributed by atoms with E-state index in [4.69, 9.17) is 0 Å². The molecule has 0 heterocycles. The lowest BCUT2D eigenvalue weighted by Crippen LogP contribution is -1.90. The summed E-state index contributed by atoms with van der Waals surface area (Å²) in [4.78, 5) is 0. The largest absolute Gasteiger partial charge is 0.0955 e. The normalized spacial score (nSPS) is 9.74. The molecule has 0 spiro atoms. The Bertz CT molecular complexity index is 595. The number of hydrogen-bond acceptors (Lipinski definition) is 0. The molecule has 19 heavy (non-hydrogen) atoms. The quantitative estimate of drug-likeness (QED) is 0.593. The Morgan fingerprint density at radius 3 is 1.89 bits per heavy atom. The molecule has 0 radical (unpaired) electrons. The van der Waals surface area contributed by atoms with Gasteiger partial charge in [-0.3, -0.25) is 0 Å². The molecule has 0 bridgehead atoms. The molecule has 2 rings (SSSR count). The third-order valence-corrected chi connectivity index (χ3v) is 3.18. The van der Waals surface area contributed by atoms with Crippen molar-refractivity contribution < 1.29 is 0 Å². The highest BCUT2D eigenvalue weighted by molar-refractivity contribution is 6.01. The van der Waals surface area contributed by atoms with Gasteiger partial charge in [0.15, 0.2) is 0 Å². The molecule has 0 aliphatic carbocycles. The fourth-order valence-corrected chi connectivity index (χ4v) is 2.26. The molecule has 0 aliphatic rings. The Kier molecular flexibility index (Phi) is 5.11. The topological polar surface area (TPSA) is 0 Å². The van der Waals surface area contributed by atoms with Gasteiger partial charge in [-0.05, 0) is 48.2 Å². The van der Waals surface area contributed by atoms with E-state index in [0.717, 1.165) is 11.1 Å². The molecule has 0 saturated heterocycles. The maximum absolute atomic E-state index is 4.08. The van der Waals surface area contributed by atoms with Crippen LogP contribution in [0.1, 0.15) is 44.4 Å². The van der Waals surface area contributed by atoms with Gasteiger partial charge in [-0.15, -0.1) is 0 Å². The van der Waals surface area contributed by atoms with Gasteiger partial charge in [-0.25, -0.2) is 0 Å². The van der Waals surface area contributed by atoms with Gasteiger partial charge in [0, 0.05) is 0 Å². The van der Waals surface area contributed by atoms with Crippen LogP contribution in [-0.4, -0.2) is 0 Å². The van der Waals surface area contributed by atoms with Gasteiger partial charge in [-0.2, -0.15) is 0 Å². The average Bonchev–Trinajstić information content (AvgIpc) is 2.40. The lowest BCUT2D eigenvalue weighted by molar-refractivity contribution is 1.49. The fraction of sp³-hybridized carbons (Fsp3) is 0.263. The van der Waals surface area contributed by atoms with Crippen molar-refractivity contribution in [1.82, 2.24) is 0 Å². The van der Waals surface area contributed by atoms with Crippen molar-refractivity contribution in [2.75, 3.05) is 0 Å². The molecule has 100 valence electrons. The van der Waals surface area contributed by atoms with Crippen molar-refractivity contribution in [3.05, 3.63) is 60.2 Å². The van der Waals surface area contributed by atoms with Gasteiger partial charge in [0.05, 0.1) is 0 Å². The van der Waals surface area contributed by atoms with Crippen LogP contribution in [0.4, 0.5) is 0 Å². The van der Waals surface area contributed by atoms with Gasteiger partial charge >= 0.3 is 0 Å². The summed E-state index contributed by atoms with van der Waals surface area (Å²) in [7, 11) is 0. The lowest BCUT2D eigenvalue weighted by atomic mass is 9.91. The van der Waals surface area contributed by atoms with E-state index in [1.54, 1.807) is 0 Å². The molecule has 0 saturated carbocycles. The summed E-state index contributed by atoms with van der Waals surface area (Å²) in [6, 6.07) is 10.7. The van der Waals surface area contributed by atoms with Crippen LogP contribution in [0, 0.1) is 6.92 Å². The molecule has 0 aliphatic heterocycles. The van der Waals surface area contributed by atoms with Crippen molar-refractivity contribution in [3.8, 4) is 0 Å². The molecule has 0 aromatic heterocycles. The van der Waals surface area contributed by atoms with E-state index in [0.29, 0.717) is 0 Å². The Balaban J connectivity index is 0.000000861. The third-order valence-electron chi connectivity index (χ3n) is 3.18. The molecule has 0 nitrogen and oxygen atoms in total. The molecule has 0 unspecified atom stereocenters. The third kappa shape index (κ3) is 2.96. The number of benzene rings is 2. The van der Waals surface area contributed by atoms with Crippen molar-refractivity contribution in [3.63, 3.8) is 0 Å². The summed E-state index contributed by atoms with van der Waals surface area (Å²) in [5, 5.41) is 2.58. The van der Waals surface area contributed by atoms with E-state index in [2.05, 4.69) is 64.3 Å². The van der Waals surface area contributed by atoms with Crippen LogP contribution in [0.15, 0.2) is 43.5 Å². The number of fused-ring (bicyclic) bond motifs is 1. The van der Waals surface area contributed by atoms with Gasteiger partial charge in [-0.1, -0.05) is 68.5 Å². The van der Waals surface area contributed by atoms with Crippen LogP contribution in [-0.2, 0) is 0 Å². The van der Waals surface area contributed by atoms with Crippen LogP contribution < -0.4 is 0 Å². The molecule has 0 fully saturated rings. The summed E-state index contributed by atoms with van der Waals surface area (Å²) in [5.41, 5.74) is 5.95. The van der Waals surface area contributed by atoms with Crippen LogP contribution in [0.25, 0.3) is 21.9 Å². The molecule has 2 aromatic rings. The fourth-order valence-electron chi connectivity index (χ4n) is 2.26. The second-order valence-electron chi connectivity index (χ2n) is 4.72. The van der Waals surface area contributed by atoms with Crippen molar-refractivity contribution in [1.29, 1.82) is 0 Å². The Hall–Kier alpha value is -1.82. The second kappa shape index (κ2) is 6.38. The Labute approximate surface area is 117 Å². The highest BCUT2D eigenvalue weighted by Gasteiger charge is 2.09. The van der Waals surface area contributed by atoms with Gasteiger partial charge < -0.3 is 0 Å². The van der Waals surface area contributed by atoms with E-state index < -0.39 is 0 Å². The molecular weight excluding hydrogens is 228 g/mol. The van der Waals surface area contributed by atoms with E-state index in [1.165, 1.54) is 27.5 Å². The molecule has 0 atom stereocenters. The number of aryl methyl sites for hydroxylation is 1. The van der Waals surface area contributed by atoms with E-state index in [-0.39, 0.29) is 0 Å². The molecule has 2 aromatic carbocycles. The first-order valence-electron chi connectivity index (χ1n) is 6.86. The van der Waals surface area contributed by atoms with Gasteiger partial charge in [0.2, 0.25) is 0 Å². The minimum absolute atomic E-state index is 1.10. The summed E-state index contributed by atoms with van der Waals surface area (Å²) < 4.78 is 0. The van der Waals surface area contributed by atoms with E-state index in [9.17, 15) is 0 Å². The zero-order valence-electron chi connectivity index (χ0n) is 12.8. The first-order chi connectivity index (χ1) is 9.02. The van der Waals surface area contributed by atoms with Crippen LogP contribution in [0.3, 0.4) is 0 Å². The van der Waals surface area contributed by atoms with Crippen molar-refractivity contribution in [2.24, 2.45) is 0 Å². The lowest BCUT2D eigenvalue weighted by Gasteiger charge is -2.13. The first-order valence-corrected chi connectivity index (χ1v) is 6.86. The van der Waals surface area contributed by atoms with E-state index in [1.807, 2.05) is 13.8 Å². The van der Waals surface area contributed by atoms with Crippen LogP contribution >= 0.6 is 0 Å². The summed E-state index contributed by atoms with van der Waals surface area (Å²) in [6.45, 7) is 18.4. The molecule has 0 amide bonds. The summed E-state index contributed by atoms with van der Waals surface area (Å²) in [6.07, 6.45) is 0. The maximum Gasteiger partial charge on any atom is -0.00313 e. The summed E-state index contributed by atoms with van der Waals surface area (Å²) >= 11 is 0. The zero-order chi connectivity index (χ0) is 14.6. The minimum Gasteiger partial charge on any atom is -0.0955 e. The second-order valence-corrected chi connectivity index (χ2v) is 4.72. The van der Waals surface area contributed by atoms with Gasteiger partial charge in [0.1, 0.15) is 0 Å². The van der Waals surface area contributed by atoms with Crippen LogP contribution in [0.2, 0.25) is 0 Å². The number of hydrogen-bond donors (Lipinski definition) is 0. The standard InChI is InChI=1S/C17H18.C2H6/c1-11(2)14-7-6-8-16-13(5)9-10-15(12(3)4)17(14)16;1-2/h6-10H,1,3H2,2,4-5H3;1-2H3. The number of allylic oxidation sites excluding steroid dienone is 2. The SMILES string of the molecule is C=C(C)c1cccc2c(C)ccc(C(=C)C)c12.CC. The number of rotatable bonds is 2.